The highest BCUT2D eigenvalue weighted by Crippen LogP contribution is 2.16. The number of rotatable bonds is 5. The Morgan fingerprint density at radius 3 is 2.41 bits per heavy atom. The van der Waals surface area contributed by atoms with Gasteiger partial charge in [-0.25, -0.2) is 8.78 Å². The standard InChI is InChI=1S/C13H19F2NO/c1-8(2)13(17-3)12(16)6-9-4-5-10(14)7-11(9)15/h4-5,7-8,12-13H,6,16H2,1-3H3. The predicted octanol–water partition coefficient (Wildman–Crippen LogP) is 2.51. The van der Waals surface area contributed by atoms with E-state index in [9.17, 15) is 8.78 Å². The van der Waals surface area contributed by atoms with E-state index in [4.69, 9.17) is 10.5 Å². The normalized spacial score (nSPS) is 15.0. The van der Waals surface area contributed by atoms with E-state index < -0.39 is 11.6 Å². The van der Waals surface area contributed by atoms with Crippen molar-refractivity contribution in [2.24, 2.45) is 11.7 Å². The highest BCUT2D eigenvalue weighted by atomic mass is 19.1. The van der Waals surface area contributed by atoms with Crippen LogP contribution in [-0.2, 0) is 11.2 Å². The quantitative estimate of drug-likeness (QED) is 0.862. The second-order valence-corrected chi connectivity index (χ2v) is 4.55. The average Bonchev–Trinajstić information content (AvgIpc) is 2.22. The first kappa shape index (κ1) is 14.1. The molecule has 2 atom stereocenters. The first-order chi connectivity index (χ1) is 7.95. The summed E-state index contributed by atoms with van der Waals surface area (Å²) < 4.78 is 31.5. The Morgan fingerprint density at radius 1 is 1.29 bits per heavy atom. The summed E-state index contributed by atoms with van der Waals surface area (Å²) in [7, 11) is 1.59. The monoisotopic (exact) mass is 243 g/mol. The molecule has 17 heavy (non-hydrogen) atoms. The van der Waals surface area contributed by atoms with Gasteiger partial charge in [0.25, 0.3) is 0 Å². The summed E-state index contributed by atoms with van der Waals surface area (Å²) in [6, 6.07) is 3.24. The SMILES string of the molecule is COC(C(C)C)C(N)Cc1ccc(F)cc1F. The average molecular weight is 243 g/mol. The van der Waals surface area contributed by atoms with Crippen LogP contribution in [0, 0.1) is 17.6 Å². The fourth-order valence-corrected chi connectivity index (χ4v) is 2.00. The molecule has 2 unspecified atom stereocenters. The van der Waals surface area contributed by atoms with E-state index in [1.807, 2.05) is 13.8 Å². The topological polar surface area (TPSA) is 35.2 Å². The van der Waals surface area contributed by atoms with E-state index in [1.54, 1.807) is 7.11 Å². The van der Waals surface area contributed by atoms with Crippen LogP contribution in [0.4, 0.5) is 8.78 Å². The van der Waals surface area contributed by atoms with Crippen molar-refractivity contribution in [2.75, 3.05) is 7.11 Å². The molecule has 0 amide bonds. The molecule has 1 aromatic carbocycles. The lowest BCUT2D eigenvalue weighted by atomic mass is 9.94. The van der Waals surface area contributed by atoms with Crippen LogP contribution in [0.2, 0.25) is 0 Å². The minimum atomic E-state index is -0.577. The Morgan fingerprint density at radius 2 is 1.94 bits per heavy atom. The maximum atomic E-state index is 13.4. The van der Waals surface area contributed by atoms with Gasteiger partial charge in [-0.15, -0.1) is 0 Å². The number of halogens is 2. The molecule has 0 spiro atoms. The van der Waals surface area contributed by atoms with Gasteiger partial charge in [0.2, 0.25) is 0 Å². The van der Waals surface area contributed by atoms with Gasteiger partial charge in [-0.1, -0.05) is 19.9 Å². The first-order valence-corrected chi connectivity index (χ1v) is 5.68. The molecule has 0 saturated carbocycles. The van der Waals surface area contributed by atoms with E-state index in [1.165, 1.54) is 12.1 Å². The van der Waals surface area contributed by atoms with Gasteiger partial charge in [-0.3, -0.25) is 0 Å². The molecule has 4 heteroatoms. The summed E-state index contributed by atoms with van der Waals surface area (Å²) in [5.74, 6) is -0.885. The van der Waals surface area contributed by atoms with Gasteiger partial charge in [0.1, 0.15) is 11.6 Å². The first-order valence-electron chi connectivity index (χ1n) is 5.68. The number of nitrogens with two attached hydrogens (primary N) is 1. The number of methoxy groups -OCH3 is 1. The largest absolute Gasteiger partial charge is 0.380 e. The lowest BCUT2D eigenvalue weighted by Crippen LogP contribution is -2.41. The van der Waals surface area contributed by atoms with Crippen LogP contribution >= 0.6 is 0 Å². The zero-order valence-corrected chi connectivity index (χ0v) is 10.4. The molecule has 0 aliphatic heterocycles. The van der Waals surface area contributed by atoms with Crippen LogP contribution < -0.4 is 5.73 Å². The third-order valence-electron chi connectivity index (χ3n) is 2.82. The van der Waals surface area contributed by atoms with Gasteiger partial charge in [0.15, 0.2) is 0 Å². The molecule has 0 bridgehead atoms. The predicted molar refractivity (Wildman–Crippen MR) is 63.7 cm³/mol. The fraction of sp³-hybridized carbons (Fsp3) is 0.538. The summed E-state index contributed by atoms with van der Waals surface area (Å²) in [5.41, 5.74) is 6.40. The molecule has 0 radical (unpaired) electrons. The molecule has 0 fully saturated rings. The van der Waals surface area contributed by atoms with Crippen molar-refractivity contribution in [2.45, 2.75) is 32.4 Å². The zero-order chi connectivity index (χ0) is 13.0. The molecule has 0 heterocycles. The maximum absolute atomic E-state index is 13.4. The molecular weight excluding hydrogens is 224 g/mol. The Kier molecular flexibility index (Phi) is 5.02. The minimum Gasteiger partial charge on any atom is -0.380 e. The third kappa shape index (κ3) is 3.75. The number of ether oxygens (including phenoxy) is 1. The Balaban J connectivity index is 2.76. The van der Waals surface area contributed by atoms with Gasteiger partial charge < -0.3 is 10.5 Å². The zero-order valence-electron chi connectivity index (χ0n) is 10.4. The second-order valence-electron chi connectivity index (χ2n) is 4.55. The molecule has 1 rings (SSSR count). The van der Waals surface area contributed by atoms with Gasteiger partial charge >= 0.3 is 0 Å². The van der Waals surface area contributed by atoms with Gasteiger partial charge in [-0.2, -0.15) is 0 Å². The molecule has 2 N–H and O–H groups in total. The summed E-state index contributed by atoms with van der Waals surface area (Å²) in [5, 5.41) is 0. The van der Waals surface area contributed by atoms with Crippen molar-refractivity contribution in [1.82, 2.24) is 0 Å². The summed E-state index contributed by atoms with van der Waals surface area (Å²) in [6.45, 7) is 3.99. The van der Waals surface area contributed by atoms with Crippen LogP contribution in [0.15, 0.2) is 18.2 Å². The Bertz CT molecular complexity index is 368. The molecular formula is C13H19F2NO. The molecule has 1 aromatic rings. The van der Waals surface area contributed by atoms with Crippen LogP contribution in [0.25, 0.3) is 0 Å². The number of hydrogen-bond donors (Lipinski definition) is 1. The van der Waals surface area contributed by atoms with E-state index in [-0.39, 0.29) is 18.1 Å². The number of hydrogen-bond acceptors (Lipinski definition) is 2. The lowest BCUT2D eigenvalue weighted by Gasteiger charge is -2.26. The molecule has 2 nitrogen and oxygen atoms in total. The highest BCUT2D eigenvalue weighted by Gasteiger charge is 2.22. The minimum absolute atomic E-state index is 0.139. The highest BCUT2D eigenvalue weighted by molar-refractivity contribution is 5.19. The van der Waals surface area contributed by atoms with Crippen LogP contribution in [0.3, 0.4) is 0 Å². The molecule has 0 aliphatic rings. The second kappa shape index (κ2) is 6.07. The van der Waals surface area contributed by atoms with Crippen LogP contribution in [0.1, 0.15) is 19.4 Å². The lowest BCUT2D eigenvalue weighted by molar-refractivity contribution is 0.0439. The number of benzene rings is 1. The molecule has 0 aliphatic carbocycles. The van der Waals surface area contributed by atoms with Crippen molar-refractivity contribution >= 4 is 0 Å². The molecule has 0 saturated heterocycles. The smallest absolute Gasteiger partial charge is 0.129 e. The van der Waals surface area contributed by atoms with Crippen molar-refractivity contribution in [3.8, 4) is 0 Å². The van der Waals surface area contributed by atoms with Crippen LogP contribution in [-0.4, -0.2) is 19.3 Å². The third-order valence-corrected chi connectivity index (χ3v) is 2.82. The summed E-state index contributed by atoms with van der Waals surface area (Å²) in [4.78, 5) is 0. The molecule has 0 aromatic heterocycles. The van der Waals surface area contributed by atoms with Gasteiger partial charge in [-0.05, 0) is 24.0 Å². The summed E-state index contributed by atoms with van der Waals surface area (Å²) in [6.07, 6.45) is 0.197. The van der Waals surface area contributed by atoms with Crippen molar-refractivity contribution in [1.29, 1.82) is 0 Å². The van der Waals surface area contributed by atoms with Gasteiger partial charge in [0.05, 0.1) is 6.10 Å². The van der Waals surface area contributed by atoms with E-state index >= 15 is 0 Å². The van der Waals surface area contributed by atoms with Crippen molar-refractivity contribution in [3.63, 3.8) is 0 Å². The maximum Gasteiger partial charge on any atom is 0.129 e. The summed E-state index contributed by atoms with van der Waals surface area (Å²) >= 11 is 0. The van der Waals surface area contributed by atoms with E-state index in [0.29, 0.717) is 12.0 Å². The Hall–Kier alpha value is -1.00. The van der Waals surface area contributed by atoms with Crippen LogP contribution in [0.5, 0.6) is 0 Å². The Labute approximate surface area is 101 Å². The van der Waals surface area contributed by atoms with E-state index in [2.05, 4.69) is 0 Å². The molecule has 96 valence electrons. The van der Waals surface area contributed by atoms with Gasteiger partial charge in [0, 0.05) is 19.2 Å². The fourth-order valence-electron chi connectivity index (χ4n) is 2.00. The van der Waals surface area contributed by atoms with Crippen molar-refractivity contribution in [3.05, 3.63) is 35.4 Å². The van der Waals surface area contributed by atoms with E-state index in [0.717, 1.165) is 6.07 Å². The van der Waals surface area contributed by atoms with Crippen molar-refractivity contribution < 1.29 is 13.5 Å².